The van der Waals surface area contributed by atoms with E-state index in [0.717, 1.165) is 12.8 Å². The molecule has 1 N–H and O–H groups in total. The van der Waals surface area contributed by atoms with Crippen LogP contribution in [-0.2, 0) is 0 Å². The van der Waals surface area contributed by atoms with E-state index in [9.17, 15) is 5.11 Å². The zero-order chi connectivity index (χ0) is 7.57. The maximum atomic E-state index is 9.37. The second-order valence-corrected chi connectivity index (χ2v) is 5.01. The highest BCUT2D eigenvalue weighted by Gasteiger charge is 2.77. The standard InChI is InChI=1S/C7H10Cl2O/c1-6-3-2-4(10)5(6)7(6,8)9/h4-5,10H,2-3H2,1H3/t4-,5+,6-/m1/s1. The Labute approximate surface area is 70.3 Å². The second kappa shape index (κ2) is 1.65. The van der Waals surface area contributed by atoms with Crippen molar-refractivity contribution in [2.45, 2.75) is 30.2 Å². The van der Waals surface area contributed by atoms with Crippen LogP contribution >= 0.6 is 23.2 Å². The van der Waals surface area contributed by atoms with Gasteiger partial charge in [0.05, 0.1) is 6.10 Å². The van der Waals surface area contributed by atoms with E-state index >= 15 is 0 Å². The molecule has 0 radical (unpaired) electrons. The minimum absolute atomic E-state index is 0.00945. The molecule has 0 aliphatic heterocycles. The Hall–Kier alpha value is 0.540. The van der Waals surface area contributed by atoms with Crippen LogP contribution in [0, 0.1) is 11.3 Å². The van der Waals surface area contributed by atoms with Gasteiger partial charge >= 0.3 is 0 Å². The highest BCUT2D eigenvalue weighted by molar-refractivity contribution is 6.52. The van der Waals surface area contributed by atoms with Crippen molar-refractivity contribution < 1.29 is 5.11 Å². The lowest BCUT2D eigenvalue weighted by Gasteiger charge is -2.10. The van der Waals surface area contributed by atoms with E-state index in [4.69, 9.17) is 23.2 Å². The van der Waals surface area contributed by atoms with Gasteiger partial charge in [0.15, 0.2) is 0 Å². The normalized spacial score (nSPS) is 56.4. The van der Waals surface area contributed by atoms with Crippen LogP contribution in [-0.4, -0.2) is 15.5 Å². The average Bonchev–Trinajstić information content (AvgIpc) is 2.16. The van der Waals surface area contributed by atoms with Crippen molar-refractivity contribution >= 4 is 23.2 Å². The molecule has 58 valence electrons. The Morgan fingerprint density at radius 2 is 2.10 bits per heavy atom. The van der Waals surface area contributed by atoms with Crippen molar-refractivity contribution in [3.63, 3.8) is 0 Å². The quantitative estimate of drug-likeness (QED) is 0.566. The fourth-order valence-electron chi connectivity index (χ4n) is 2.22. The summed E-state index contributed by atoms with van der Waals surface area (Å²) in [6.45, 7) is 2.05. The molecule has 0 aromatic heterocycles. The summed E-state index contributed by atoms with van der Waals surface area (Å²) in [6.07, 6.45) is 1.56. The first kappa shape index (κ1) is 7.20. The number of aliphatic hydroxyl groups excluding tert-OH is 1. The van der Waals surface area contributed by atoms with Crippen molar-refractivity contribution in [2.75, 3.05) is 0 Å². The molecule has 0 saturated heterocycles. The van der Waals surface area contributed by atoms with Gasteiger partial charge in [-0.25, -0.2) is 0 Å². The van der Waals surface area contributed by atoms with E-state index < -0.39 is 4.33 Å². The third-order valence-corrected chi connectivity index (χ3v) is 4.43. The number of hydrogen-bond donors (Lipinski definition) is 1. The molecule has 0 spiro atoms. The van der Waals surface area contributed by atoms with Crippen molar-refractivity contribution in [3.05, 3.63) is 0 Å². The van der Waals surface area contributed by atoms with Gasteiger partial charge in [-0.05, 0) is 12.8 Å². The first-order chi connectivity index (χ1) is 4.50. The van der Waals surface area contributed by atoms with E-state index in [1.165, 1.54) is 0 Å². The molecular formula is C7H10Cl2O. The zero-order valence-electron chi connectivity index (χ0n) is 5.77. The number of fused-ring (bicyclic) bond motifs is 1. The van der Waals surface area contributed by atoms with E-state index in [0.29, 0.717) is 0 Å². The van der Waals surface area contributed by atoms with Crippen molar-refractivity contribution in [2.24, 2.45) is 11.3 Å². The van der Waals surface area contributed by atoms with E-state index in [1.54, 1.807) is 0 Å². The zero-order valence-corrected chi connectivity index (χ0v) is 7.28. The predicted octanol–water partition coefficient (Wildman–Crippen LogP) is 1.95. The third kappa shape index (κ3) is 0.556. The minimum atomic E-state index is -0.634. The number of alkyl halides is 2. The molecule has 10 heavy (non-hydrogen) atoms. The third-order valence-electron chi connectivity index (χ3n) is 3.10. The van der Waals surface area contributed by atoms with Crippen LogP contribution in [0.5, 0.6) is 0 Å². The lowest BCUT2D eigenvalue weighted by molar-refractivity contribution is 0.157. The van der Waals surface area contributed by atoms with Gasteiger partial charge in [-0.2, -0.15) is 0 Å². The first-order valence-corrected chi connectivity index (χ1v) is 4.31. The van der Waals surface area contributed by atoms with Crippen molar-refractivity contribution in [1.82, 2.24) is 0 Å². The smallest absolute Gasteiger partial charge is 0.130 e. The highest BCUT2D eigenvalue weighted by Crippen LogP contribution is 2.76. The van der Waals surface area contributed by atoms with Gasteiger partial charge in [-0.3, -0.25) is 0 Å². The van der Waals surface area contributed by atoms with Crippen LogP contribution < -0.4 is 0 Å². The molecule has 2 aliphatic rings. The van der Waals surface area contributed by atoms with Gasteiger partial charge in [-0.1, -0.05) is 6.92 Å². The van der Waals surface area contributed by atoms with Gasteiger partial charge in [0.25, 0.3) is 0 Å². The Bertz CT molecular complexity index is 180. The molecule has 2 saturated carbocycles. The van der Waals surface area contributed by atoms with Gasteiger partial charge in [0.2, 0.25) is 0 Å². The number of aliphatic hydroxyl groups is 1. The number of hydrogen-bond acceptors (Lipinski definition) is 1. The lowest BCUT2D eigenvalue weighted by atomic mass is 10.1. The van der Waals surface area contributed by atoms with Crippen LogP contribution in [0.1, 0.15) is 19.8 Å². The van der Waals surface area contributed by atoms with Crippen LogP contribution in [0.4, 0.5) is 0 Å². The van der Waals surface area contributed by atoms with E-state index in [1.807, 2.05) is 6.92 Å². The largest absolute Gasteiger partial charge is 0.393 e. The fourth-order valence-corrected chi connectivity index (χ4v) is 3.31. The molecule has 0 amide bonds. The summed E-state index contributed by atoms with van der Waals surface area (Å²) in [5.41, 5.74) is 0.00945. The molecule has 0 heterocycles. The average molecular weight is 181 g/mol. The SMILES string of the molecule is C[C@@]12CC[C@@H](O)[C@@H]1C2(Cl)Cl. The molecule has 0 aromatic carbocycles. The van der Waals surface area contributed by atoms with Gasteiger partial charge in [0.1, 0.15) is 4.33 Å². The fraction of sp³-hybridized carbons (Fsp3) is 1.00. The Morgan fingerprint density at radius 1 is 1.50 bits per heavy atom. The summed E-state index contributed by atoms with van der Waals surface area (Å²) in [5.74, 6) is 0.128. The Kier molecular flexibility index (Phi) is 1.19. The topological polar surface area (TPSA) is 20.2 Å². The molecule has 0 aromatic rings. The van der Waals surface area contributed by atoms with Gasteiger partial charge in [0, 0.05) is 11.3 Å². The molecule has 1 nitrogen and oxygen atoms in total. The van der Waals surface area contributed by atoms with Gasteiger partial charge in [-0.15, -0.1) is 23.2 Å². The molecule has 0 unspecified atom stereocenters. The van der Waals surface area contributed by atoms with Crippen molar-refractivity contribution in [3.8, 4) is 0 Å². The highest BCUT2D eigenvalue weighted by atomic mass is 35.5. The lowest BCUT2D eigenvalue weighted by Crippen LogP contribution is -2.12. The second-order valence-electron chi connectivity index (χ2n) is 3.62. The summed E-state index contributed by atoms with van der Waals surface area (Å²) >= 11 is 11.9. The minimum Gasteiger partial charge on any atom is -0.393 e. The van der Waals surface area contributed by atoms with E-state index in [-0.39, 0.29) is 17.4 Å². The van der Waals surface area contributed by atoms with Crippen LogP contribution in [0.2, 0.25) is 0 Å². The summed E-state index contributed by atoms with van der Waals surface area (Å²) in [7, 11) is 0. The molecule has 2 rings (SSSR count). The van der Waals surface area contributed by atoms with Gasteiger partial charge < -0.3 is 5.11 Å². The first-order valence-electron chi connectivity index (χ1n) is 3.56. The van der Waals surface area contributed by atoms with Crippen LogP contribution in [0.15, 0.2) is 0 Å². The van der Waals surface area contributed by atoms with E-state index in [2.05, 4.69) is 0 Å². The molecule has 0 bridgehead atoms. The number of halogens is 2. The summed E-state index contributed by atoms with van der Waals surface area (Å²) in [4.78, 5) is 0. The van der Waals surface area contributed by atoms with Crippen LogP contribution in [0.3, 0.4) is 0 Å². The predicted molar refractivity (Wildman–Crippen MR) is 41.3 cm³/mol. The molecule has 2 fully saturated rings. The monoisotopic (exact) mass is 180 g/mol. The molecular weight excluding hydrogens is 171 g/mol. The maximum absolute atomic E-state index is 9.37. The molecule has 2 aliphatic carbocycles. The number of rotatable bonds is 0. The van der Waals surface area contributed by atoms with Crippen LogP contribution in [0.25, 0.3) is 0 Å². The Morgan fingerprint density at radius 3 is 2.30 bits per heavy atom. The molecule has 3 heteroatoms. The Balaban J connectivity index is 2.26. The maximum Gasteiger partial charge on any atom is 0.130 e. The summed E-state index contributed by atoms with van der Waals surface area (Å²) < 4.78 is -0.634. The van der Waals surface area contributed by atoms with Crippen molar-refractivity contribution in [1.29, 1.82) is 0 Å². The summed E-state index contributed by atoms with van der Waals surface area (Å²) in [6, 6.07) is 0. The summed E-state index contributed by atoms with van der Waals surface area (Å²) in [5, 5.41) is 9.37. The molecule has 3 atom stereocenters.